The highest BCUT2D eigenvalue weighted by atomic mass is 16.3. The van der Waals surface area contributed by atoms with Gasteiger partial charge in [0, 0.05) is 0 Å². The van der Waals surface area contributed by atoms with Crippen LogP contribution in [0.1, 0.15) is 38.2 Å². The summed E-state index contributed by atoms with van der Waals surface area (Å²) in [5, 5.41) is 3.47. The molecule has 0 spiro atoms. The molecule has 3 heteroatoms. The number of nitrogens with zero attached hydrogens (tertiary/aromatic N) is 1. The molecule has 0 atom stereocenters. The van der Waals surface area contributed by atoms with Crippen LogP contribution in [0.2, 0.25) is 0 Å². The number of unbranched alkanes of at least 4 members (excludes halogenated alkanes) is 1. The van der Waals surface area contributed by atoms with Crippen LogP contribution in [0, 0.1) is 12.8 Å². The van der Waals surface area contributed by atoms with Gasteiger partial charge in [0.15, 0.2) is 0 Å². The lowest BCUT2D eigenvalue weighted by molar-refractivity contribution is 0.286. The van der Waals surface area contributed by atoms with Crippen molar-refractivity contribution in [3.8, 4) is 0 Å². The van der Waals surface area contributed by atoms with Crippen molar-refractivity contribution in [1.82, 2.24) is 10.2 Å². The van der Waals surface area contributed by atoms with Crippen molar-refractivity contribution in [2.45, 2.75) is 40.2 Å². The van der Waals surface area contributed by atoms with Crippen LogP contribution in [0.15, 0.2) is 16.5 Å². The van der Waals surface area contributed by atoms with Crippen LogP contribution in [0.25, 0.3) is 0 Å². The van der Waals surface area contributed by atoms with E-state index < -0.39 is 0 Å². The van der Waals surface area contributed by atoms with E-state index >= 15 is 0 Å². The molecule has 1 heterocycles. The van der Waals surface area contributed by atoms with Crippen LogP contribution in [0.3, 0.4) is 0 Å². The first-order chi connectivity index (χ1) is 8.58. The molecule has 0 unspecified atom stereocenters. The molecule has 0 saturated heterocycles. The largest absolute Gasteiger partial charge is 0.465 e. The van der Waals surface area contributed by atoms with Crippen molar-refractivity contribution in [3.05, 3.63) is 23.7 Å². The quantitative estimate of drug-likeness (QED) is 0.685. The second-order valence-electron chi connectivity index (χ2n) is 5.56. The molecule has 1 aromatic rings. The standard InChI is InChI=1S/C15H28N2O/c1-13(2)11-16-9-5-6-10-17(4)12-15-8-7-14(3)18-15/h7-8,13,16H,5-6,9-12H2,1-4H3. The molecule has 0 aliphatic heterocycles. The van der Waals surface area contributed by atoms with E-state index in [4.69, 9.17) is 4.42 Å². The molecule has 1 aromatic heterocycles. The Bertz CT molecular complexity index is 320. The molecule has 3 nitrogen and oxygen atoms in total. The average molecular weight is 252 g/mol. The van der Waals surface area contributed by atoms with Gasteiger partial charge in [-0.15, -0.1) is 0 Å². The van der Waals surface area contributed by atoms with E-state index in [1.54, 1.807) is 0 Å². The van der Waals surface area contributed by atoms with Gasteiger partial charge < -0.3 is 9.73 Å². The number of aryl methyl sites for hydroxylation is 1. The average Bonchev–Trinajstić information content (AvgIpc) is 2.68. The first kappa shape index (κ1) is 15.3. The van der Waals surface area contributed by atoms with Crippen molar-refractivity contribution < 1.29 is 4.42 Å². The first-order valence-corrected chi connectivity index (χ1v) is 7.02. The number of furan rings is 1. The summed E-state index contributed by atoms with van der Waals surface area (Å²) < 4.78 is 5.57. The predicted octanol–water partition coefficient (Wildman–Crippen LogP) is 3.05. The maximum Gasteiger partial charge on any atom is 0.118 e. The third-order valence-electron chi connectivity index (χ3n) is 2.92. The van der Waals surface area contributed by atoms with Crippen molar-refractivity contribution in [2.75, 3.05) is 26.7 Å². The lowest BCUT2D eigenvalue weighted by atomic mass is 10.2. The molecule has 104 valence electrons. The fraction of sp³-hybridized carbons (Fsp3) is 0.733. The molecular weight excluding hydrogens is 224 g/mol. The van der Waals surface area contributed by atoms with Crippen LogP contribution in [0.5, 0.6) is 0 Å². The van der Waals surface area contributed by atoms with Gasteiger partial charge >= 0.3 is 0 Å². The fourth-order valence-corrected chi connectivity index (χ4v) is 1.94. The SMILES string of the molecule is Cc1ccc(CN(C)CCCCNCC(C)C)o1. The monoisotopic (exact) mass is 252 g/mol. The fourth-order valence-electron chi connectivity index (χ4n) is 1.94. The molecule has 0 amide bonds. The van der Waals surface area contributed by atoms with E-state index in [1.807, 2.05) is 13.0 Å². The normalized spacial score (nSPS) is 11.7. The summed E-state index contributed by atoms with van der Waals surface area (Å²) in [4.78, 5) is 2.32. The minimum atomic E-state index is 0.745. The minimum absolute atomic E-state index is 0.745. The Morgan fingerprint density at radius 2 is 2.06 bits per heavy atom. The molecule has 0 fully saturated rings. The third-order valence-corrected chi connectivity index (χ3v) is 2.92. The van der Waals surface area contributed by atoms with Crippen LogP contribution in [-0.2, 0) is 6.54 Å². The summed E-state index contributed by atoms with van der Waals surface area (Å²) in [5.41, 5.74) is 0. The second-order valence-corrected chi connectivity index (χ2v) is 5.56. The van der Waals surface area contributed by atoms with Crippen molar-refractivity contribution in [1.29, 1.82) is 0 Å². The highest BCUT2D eigenvalue weighted by molar-refractivity contribution is 5.05. The Hall–Kier alpha value is -0.800. The van der Waals surface area contributed by atoms with Gasteiger partial charge in [-0.05, 0) is 64.5 Å². The molecule has 0 saturated carbocycles. The van der Waals surface area contributed by atoms with E-state index in [0.29, 0.717) is 0 Å². The summed E-state index contributed by atoms with van der Waals surface area (Å²) in [7, 11) is 2.15. The Morgan fingerprint density at radius 1 is 1.28 bits per heavy atom. The molecule has 1 N–H and O–H groups in total. The Morgan fingerprint density at radius 3 is 2.67 bits per heavy atom. The molecular formula is C15H28N2O. The highest BCUT2D eigenvalue weighted by Crippen LogP contribution is 2.08. The summed E-state index contributed by atoms with van der Waals surface area (Å²) in [6.45, 7) is 10.8. The zero-order valence-electron chi connectivity index (χ0n) is 12.3. The molecule has 1 rings (SSSR count). The lowest BCUT2D eigenvalue weighted by Crippen LogP contribution is -2.23. The van der Waals surface area contributed by atoms with Crippen LogP contribution in [-0.4, -0.2) is 31.6 Å². The van der Waals surface area contributed by atoms with E-state index in [1.165, 1.54) is 12.8 Å². The first-order valence-electron chi connectivity index (χ1n) is 7.02. The molecule has 0 radical (unpaired) electrons. The maximum absolute atomic E-state index is 5.57. The van der Waals surface area contributed by atoms with E-state index in [0.717, 1.165) is 43.6 Å². The van der Waals surface area contributed by atoms with Gasteiger partial charge in [-0.1, -0.05) is 13.8 Å². The van der Waals surface area contributed by atoms with Crippen LogP contribution < -0.4 is 5.32 Å². The minimum Gasteiger partial charge on any atom is -0.465 e. The third kappa shape index (κ3) is 6.82. The predicted molar refractivity (Wildman–Crippen MR) is 76.7 cm³/mol. The summed E-state index contributed by atoms with van der Waals surface area (Å²) in [6.07, 6.45) is 2.48. The van der Waals surface area contributed by atoms with E-state index in [9.17, 15) is 0 Å². The van der Waals surface area contributed by atoms with E-state index in [2.05, 4.69) is 37.2 Å². The summed E-state index contributed by atoms with van der Waals surface area (Å²) in [6, 6.07) is 4.09. The van der Waals surface area contributed by atoms with Crippen LogP contribution >= 0.6 is 0 Å². The Kier molecular flexibility index (Phi) is 7.06. The van der Waals surface area contributed by atoms with Gasteiger partial charge in [0.1, 0.15) is 11.5 Å². The molecule has 0 aliphatic rings. The van der Waals surface area contributed by atoms with Crippen LogP contribution in [0.4, 0.5) is 0 Å². The van der Waals surface area contributed by atoms with Gasteiger partial charge in [-0.3, -0.25) is 4.90 Å². The van der Waals surface area contributed by atoms with Gasteiger partial charge in [0.05, 0.1) is 6.54 Å². The smallest absolute Gasteiger partial charge is 0.118 e. The molecule has 18 heavy (non-hydrogen) atoms. The Balaban J connectivity index is 2.01. The number of rotatable bonds is 9. The number of hydrogen-bond donors (Lipinski definition) is 1. The molecule has 0 aliphatic carbocycles. The molecule has 0 bridgehead atoms. The Labute approximate surface area is 112 Å². The van der Waals surface area contributed by atoms with Gasteiger partial charge in [-0.25, -0.2) is 0 Å². The summed E-state index contributed by atoms with van der Waals surface area (Å²) in [5.74, 6) is 2.80. The lowest BCUT2D eigenvalue weighted by Gasteiger charge is -2.15. The van der Waals surface area contributed by atoms with Gasteiger partial charge in [0.2, 0.25) is 0 Å². The van der Waals surface area contributed by atoms with Gasteiger partial charge in [0.25, 0.3) is 0 Å². The number of hydrogen-bond acceptors (Lipinski definition) is 3. The topological polar surface area (TPSA) is 28.4 Å². The van der Waals surface area contributed by atoms with Crippen molar-refractivity contribution in [2.24, 2.45) is 5.92 Å². The highest BCUT2D eigenvalue weighted by Gasteiger charge is 2.03. The van der Waals surface area contributed by atoms with E-state index in [-0.39, 0.29) is 0 Å². The van der Waals surface area contributed by atoms with Crippen molar-refractivity contribution >= 4 is 0 Å². The summed E-state index contributed by atoms with van der Waals surface area (Å²) >= 11 is 0. The van der Waals surface area contributed by atoms with Gasteiger partial charge in [-0.2, -0.15) is 0 Å². The second kappa shape index (κ2) is 8.33. The zero-order valence-corrected chi connectivity index (χ0v) is 12.3. The zero-order chi connectivity index (χ0) is 13.4. The molecule has 0 aromatic carbocycles. The maximum atomic E-state index is 5.57. The number of nitrogens with one attached hydrogen (secondary N) is 1. The van der Waals surface area contributed by atoms with Crippen molar-refractivity contribution in [3.63, 3.8) is 0 Å².